The lowest BCUT2D eigenvalue weighted by molar-refractivity contribution is 0.772. The molecule has 0 unspecified atom stereocenters. The third-order valence-corrected chi connectivity index (χ3v) is 2.27. The number of rotatable bonds is 4. The lowest BCUT2D eigenvalue weighted by atomic mass is 10.3. The second kappa shape index (κ2) is 5.15. The summed E-state index contributed by atoms with van der Waals surface area (Å²) in [5, 5.41) is 0.320. The normalized spacial score (nSPS) is 10.3. The number of aryl methyl sites for hydroxylation is 1. The zero-order chi connectivity index (χ0) is 10.6. The summed E-state index contributed by atoms with van der Waals surface area (Å²) < 4.78 is 0. The Kier molecular flexibility index (Phi) is 4.14. The van der Waals surface area contributed by atoms with Gasteiger partial charge in [-0.1, -0.05) is 6.92 Å². The standard InChI is InChI=1S/C10H16ClN3/c1-4-6-14(5-2)9-8(3)7-12-10(11)13-9/h7H,4-6H2,1-3H3. The van der Waals surface area contributed by atoms with E-state index in [1.807, 2.05) is 6.92 Å². The van der Waals surface area contributed by atoms with Gasteiger partial charge in [-0.05, 0) is 31.9 Å². The predicted molar refractivity (Wildman–Crippen MR) is 60.0 cm³/mol. The Morgan fingerprint density at radius 1 is 1.43 bits per heavy atom. The highest BCUT2D eigenvalue weighted by Gasteiger charge is 2.08. The van der Waals surface area contributed by atoms with Crippen molar-refractivity contribution in [1.82, 2.24) is 9.97 Å². The number of anilines is 1. The van der Waals surface area contributed by atoms with Gasteiger partial charge in [-0.25, -0.2) is 9.97 Å². The largest absolute Gasteiger partial charge is 0.357 e. The number of nitrogens with zero attached hydrogens (tertiary/aromatic N) is 3. The second-order valence-corrected chi connectivity index (χ2v) is 3.56. The molecule has 14 heavy (non-hydrogen) atoms. The van der Waals surface area contributed by atoms with Gasteiger partial charge in [0.15, 0.2) is 0 Å². The maximum Gasteiger partial charge on any atom is 0.224 e. The summed E-state index contributed by atoms with van der Waals surface area (Å²) in [6.45, 7) is 8.22. The molecule has 0 saturated heterocycles. The van der Waals surface area contributed by atoms with Gasteiger partial charge in [-0.2, -0.15) is 0 Å². The van der Waals surface area contributed by atoms with Crippen LogP contribution in [-0.2, 0) is 0 Å². The maximum absolute atomic E-state index is 5.77. The molecule has 0 aromatic carbocycles. The van der Waals surface area contributed by atoms with Crippen LogP contribution in [-0.4, -0.2) is 23.1 Å². The van der Waals surface area contributed by atoms with Gasteiger partial charge in [0.05, 0.1) is 0 Å². The molecule has 0 spiro atoms. The minimum absolute atomic E-state index is 0.320. The summed E-state index contributed by atoms with van der Waals surface area (Å²) in [6.07, 6.45) is 2.87. The minimum Gasteiger partial charge on any atom is -0.357 e. The van der Waals surface area contributed by atoms with E-state index in [9.17, 15) is 0 Å². The van der Waals surface area contributed by atoms with E-state index in [0.717, 1.165) is 30.9 Å². The van der Waals surface area contributed by atoms with E-state index in [4.69, 9.17) is 11.6 Å². The van der Waals surface area contributed by atoms with E-state index >= 15 is 0 Å². The quantitative estimate of drug-likeness (QED) is 0.721. The van der Waals surface area contributed by atoms with Crippen LogP contribution in [0.15, 0.2) is 6.20 Å². The SMILES string of the molecule is CCCN(CC)c1nc(Cl)ncc1C. The van der Waals surface area contributed by atoms with Crippen molar-refractivity contribution >= 4 is 17.4 Å². The number of hydrogen-bond donors (Lipinski definition) is 0. The van der Waals surface area contributed by atoms with Gasteiger partial charge < -0.3 is 4.90 Å². The van der Waals surface area contributed by atoms with Crippen LogP contribution < -0.4 is 4.90 Å². The fraction of sp³-hybridized carbons (Fsp3) is 0.600. The van der Waals surface area contributed by atoms with Gasteiger partial charge in [-0.15, -0.1) is 0 Å². The van der Waals surface area contributed by atoms with Crippen LogP contribution in [0.2, 0.25) is 5.28 Å². The van der Waals surface area contributed by atoms with Crippen molar-refractivity contribution in [2.75, 3.05) is 18.0 Å². The van der Waals surface area contributed by atoms with Gasteiger partial charge in [0, 0.05) is 24.8 Å². The van der Waals surface area contributed by atoms with Crippen LogP contribution in [0.4, 0.5) is 5.82 Å². The molecule has 0 atom stereocenters. The van der Waals surface area contributed by atoms with Crippen molar-refractivity contribution in [2.45, 2.75) is 27.2 Å². The molecule has 0 fully saturated rings. The summed E-state index contributed by atoms with van der Waals surface area (Å²) >= 11 is 5.77. The molecule has 0 N–H and O–H groups in total. The summed E-state index contributed by atoms with van der Waals surface area (Å²) in [6, 6.07) is 0. The van der Waals surface area contributed by atoms with Crippen molar-refractivity contribution in [3.05, 3.63) is 17.0 Å². The third kappa shape index (κ3) is 2.58. The first kappa shape index (κ1) is 11.2. The van der Waals surface area contributed by atoms with E-state index in [1.165, 1.54) is 0 Å². The molecular weight excluding hydrogens is 198 g/mol. The van der Waals surface area contributed by atoms with Crippen LogP contribution in [0, 0.1) is 6.92 Å². The Hall–Kier alpha value is -0.830. The van der Waals surface area contributed by atoms with E-state index in [1.54, 1.807) is 6.20 Å². The first-order valence-corrected chi connectivity index (χ1v) is 5.30. The fourth-order valence-corrected chi connectivity index (χ4v) is 1.54. The molecule has 4 heteroatoms. The lowest BCUT2D eigenvalue weighted by Gasteiger charge is -2.22. The van der Waals surface area contributed by atoms with Crippen molar-refractivity contribution in [3.63, 3.8) is 0 Å². The summed E-state index contributed by atoms with van der Waals surface area (Å²) in [7, 11) is 0. The second-order valence-electron chi connectivity index (χ2n) is 3.23. The van der Waals surface area contributed by atoms with Gasteiger partial charge in [0.2, 0.25) is 5.28 Å². The van der Waals surface area contributed by atoms with E-state index in [0.29, 0.717) is 5.28 Å². The average Bonchev–Trinajstić information content (AvgIpc) is 2.18. The first-order chi connectivity index (χ1) is 6.69. The van der Waals surface area contributed by atoms with Crippen LogP contribution in [0.1, 0.15) is 25.8 Å². The van der Waals surface area contributed by atoms with Gasteiger partial charge in [-0.3, -0.25) is 0 Å². The predicted octanol–water partition coefficient (Wildman–Crippen LogP) is 2.67. The van der Waals surface area contributed by atoms with Crippen LogP contribution in [0.3, 0.4) is 0 Å². The highest BCUT2D eigenvalue weighted by atomic mass is 35.5. The van der Waals surface area contributed by atoms with Crippen LogP contribution in [0.25, 0.3) is 0 Å². The van der Waals surface area contributed by atoms with Crippen molar-refractivity contribution < 1.29 is 0 Å². The van der Waals surface area contributed by atoms with Gasteiger partial charge in [0.25, 0.3) is 0 Å². The van der Waals surface area contributed by atoms with Crippen molar-refractivity contribution in [1.29, 1.82) is 0 Å². The Balaban J connectivity index is 2.96. The molecule has 0 aliphatic rings. The third-order valence-electron chi connectivity index (χ3n) is 2.09. The van der Waals surface area contributed by atoms with E-state index < -0.39 is 0 Å². The number of aromatic nitrogens is 2. The summed E-state index contributed by atoms with van der Waals surface area (Å²) in [5.41, 5.74) is 1.07. The zero-order valence-electron chi connectivity index (χ0n) is 8.92. The van der Waals surface area contributed by atoms with Crippen molar-refractivity contribution in [2.24, 2.45) is 0 Å². The molecule has 1 heterocycles. The summed E-state index contributed by atoms with van der Waals surface area (Å²) in [4.78, 5) is 10.4. The summed E-state index contributed by atoms with van der Waals surface area (Å²) in [5.74, 6) is 0.953. The molecule has 0 aliphatic carbocycles. The smallest absolute Gasteiger partial charge is 0.224 e. The van der Waals surface area contributed by atoms with Crippen molar-refractivity contribution in [3.8, 4) is 0 Å². The lowest BCUT2D eigenvalue weighted by Crippen LogP contribution is -2.25. The monoisotopic (exact) mass is 213 g/mol. The first-order valence-electron chi connectivity index (χ1n) is 4.93. The Morgan fingerprint density at radius 2 is 2.14 bits per heavy atom. The molecule has 1 aromatic rings. The van der Waals surface area contributed by atoms with Gasteiger partial charge in [0.1, 0.15) is 5.82 Å². The molecule has 1 aromatic heterocycles. The Bertz CT molecular complexity index is 301. The molecular formula is C10H16ClN3. The highest BCUT2D eigenvalue weighted by molar-refractivity contribution is 6.28. The Morgan fingerprint density at radius 3 is 2.71 bits per heavy atom. The van der Waals surface area contributed by atoms with E-state index in [2.05, 4.69) is 28.7 Å². The highest BCUT2D eigenvalue weighted by Crippen LogP contribution is 2.17. The maximum atomic E-state index is 5.77. The molecule has 0 saturated carbocycles. The molecule has 78 valence electrons. The number of halogens is 1. The molecule has 3 nitrogen and oxygen atoms in total. The average molecular weight is 214 g/mol. The Labute approximate surface area is 90.1 Å². The van der Waals surface area contributed by atoms with Crippen LogP contribution >= 0.6 is 11.6 Å². The zero-order valence-corrected chi connectivity index (χ0v) is 9.67. The van der Waals surface area contributed by atoms with Crippen LogP contribution in [0.5, 0.6) is 0 Å². The van der Waals surface area contributed by atoms with Gasteiger partial charge >= 0.3 is 0 Å². The number of hydrogen-bond acceptors (Lipinski definition) is 3. The topological polar surface area (TPSA) is 29.0 Å². The fourth-order valence-electron chi connectivity index (χ4n) is 1.42. The molecule has 0 radical (unpaired) electrons. The molecule has 1 rings (SSSR count). The van der Waals surface area contributed by atoms with E-state index in [-0.39, 0.29) is 0 Å². The molecule has 0 amide bonds. The molecule has 0 aliphatic heterocycles. The molecule has 0 bridgehead atoms. The minimum atomic E-state index is 0.320.